The van der Waals surface area contributed by atoms with Crippen LogP contribution in [0.25, 0.3) is 0 Å². The largest absolute Gasteiger partial charge is 0.508 e. The number of halogens is 1. The van der Waals surface area contributed by atoms with E-state index in [9.17, 15) is 10.2 Å². The summed E-state index contributed by atoms with van der Waals surface area (Å²) in [5, 5.41) is 23.5. The second-order valence-corrected chi connectivity index (χ2v) is 6.70. The standard InChI is InChI=1S/C15H22BrNO2/c1-11-4-6-15(19,7-5-11)10-17-9-12-8-13(16)2-3-14(12)18/h2-3,8,11,17-19H,4-7,9-10H2,1H3. The van der Waals surface area contributed by atoms with Crippen molar-refractivity contribution < 1.29 is 10.2 Å². The molecule has 1 aliphatic rings. The molecule has 0 saturated heterocycles. The highest BCUT2D eigenvalue weighted by Gasteiger charge is 2.31. The van der Waals surface area contributed by atoms with Crippen LogP contribution in [0.4, 0.5) is 0 Å². The fourth-order valence-corrected chi connectivity index (χ4v) is 3.01. The first-order valence-electron chi connectivity index (χ1n) is 6.89. The van der Waals surface area contributed by atoms with E-state index in [-0.39, 0.29) is 0 Å². The molecule has 0 radical (unpaired) electrons. The zero-order chi connectivity index (χ0) is 13.9. The Morgan fingerprint density at radius 3 is 2.74 bits per heavy atom. The first-order valence-corrected chi connectivity index (χ1v) is 7.68. The molecule has 0 unspecified atom stereocenters. The zero-order valence-corrected chi connectivity index (χ0v) is 12.9. The quantitative estimate of drug-likeness (QED) is 0.796. The maximum Gasteiger partial charge on any atom is 0.120 e. The molecule has 0 atom stereocenters. The molecule has 0 aromatic heterocycles. The van der Waals surface area contributed by atoms with E-state index in [0.717, 1.165) is 41.6 Å². The van der Waals surface area contributed by atoms with Gasteiger partial charge in [-0.25, -0.2) is 0 Å². The predicted octanol–water partition coefficient (Wildman–Crippen LogP) is 3.19. The SMILES string of the molecule is CC1CCC(O)(CNCc2cc(Br)ccc2O)CC1. The molecule has 3 nitrogen and oxygen atoms in total. The van der Waals surface area contributed by atoms with Gasteiger partial charge in [-0.1, -0.05) is 22.9 Å². The van der Waals surface area contributed by atoms with Gasteiger partial charge in [-0.15, -0.1) is 0 Å². The van der Waals surface area contributed by atoms with Gasteiger partial charge >= 0.3 is 0 Å². The highest BCUT2D eigenvalue weighted by molar-refractivity contribution is 9.10. The Morgan fingerprint density at radius 2 is 2.05 bits per heavy atom. The number of hydrogen-bond donors (Lipinski definition) is 3. The lowest BCUT2D eigenvalue weighted by Gasteiger charge is -2.35. The molecule has 2 rings (SSSR count). The summed E-state index contributed by atoms with van der Waals surface area (Å²) in [7, 11) is 0. The van der Waals surface area contributed by atoms with Crippen LogP contribution in [0.1, 0.15) is 38.2 Å². The molecule has 3 N–H and O–H groups in total. The fourth-order valence-electron chi connectivity index (χ4n) is 2.60. The van der Waals surface area contributed by atoms with Gasteiger partial charge in [0.25, 0.3) is 0 Å². The molecule has 1 fully saturated rings. The van der Waals surface area contributed by atoms with Crippen molar-refractivity contribution in [3.63, 3.8) is 0 Å². The van der Waals surface area contributed by atoms with Crippen molar-refractivity contribution in [2.75, 3.05) is 6.54 Å². The lowest BCUT2D eigenvalue weighted by atomic mass is 9.79. The zero-order valence-electron chi connectivity index (χ0n) is 11.3. The number of benzene rings is 1. The molecule has 1 aromatic rings. The maximum atomic E-state index is 10.5. The lowest BCUT2D eigenvalue weighted by molar-refractivity contribution is -0.00633. The molecule has 0 bridgehead atoms. The van der Waals surface area contributed by atoms with E-state index in [4.69, 9.17) is 0 Å². The van der Waals surface area contributed by atoms with Gasteiger partial charge in [0.05, 0.1) is 5.60 Å². The number of phenols is 1. The minimum Gasteiger partial charge on any atom is -0.508 e. The van der Waals surface area contributed by atoms with Crippen LogP contribution >= 0.6 is 15.9 Å². The average Bonchev–Trinajstić information content (AvgIpc) is 2.38. The van der Waals surface area contributed by atoms with Gasteiger partial charge in [-0.2, -0.15) is 0 Å². The fraction of sp³-hybridized carbons (Fsp3) is 0.600. The van der Waals surface area contributed by atoms with Crippen LogP contribution in [0.2, 0.25) is 0 Å². The van der Waals surface area contributed by atoms with E-state index in [1.807, 2.05) is 12.1 Å². The highest BCUT2D eigenvalue weighted by Crippen LogP contribution is 2.31. The van der Waals surface area contributed by atoms with Crippen LogP contribution in [-0.2, 0) is 6.54 Å². The summed E-state index contributed by atoms with van der Waals surface area (Å²) in [6.07, 6.45) is 3.93. The summed E-state index contributed by atoms with van der Waals surface area (Å²) in [6.45, 7) is 3.40. The Bertz CT molecular complexity index is 428. The smallest absolute Gasteiger partial charge is 0.120 e. The third kappa shape index (κ3) is 4.20. The maximum absolute atomic E-state index is 10.5. The molecule has 1 aliphatic carbocycles. The van der Waals surface area contributed by atoms with Crippen LogP contribution in [-0.4, -0.2) is 22.4 Å². The Kier molecular flexibility index (Phi) is 4.87. The third-order valence-corrected chi connectivity index (χ3v) is 4.51. The van der Waals surface area contributed by atoms with Gasteiger partial charge in [0.15, 0.2) is 0 Å². The predicted molar refractivity (Wildman–Crippen MR) is 80.1 cm³/mol. The summed E-state index contributed by atoms with van der Waals surface area (Å²) in [5.74, 6) is 1.02. The second kappa shape index (κ2) is 6.25. The number of aliphatic hydroxyl groups is 1. The topological polar surface area (TPSA) is 52.5 Å². The number of nitrogens with one attached hydrogen (secondary N) is 1. The summed E-state index contributed by atoms with van der Waals surface area (Å²) < 4.78 is 0.951. The minimum absolute atomic E-state index is 0.292. The molecular formula is C15H22BrNO2. The Labute approximate surface area is 123 Å². The van der Waals surface area contributed by atoms with E-state index in [2.05, 4.69) is 28.2 Å². The molecule has 19 heavy (non-hydrogen) atoms. The second-order valence-electron chi connectivity index (χ2n) is 5.78. The number of hydrogen-bond acceptors (Lipinski definition) is 3. The molecule has 0 spiro atoms. The first kappa shape index (κ1) is 14.8. The van der Waals surface area contributed by atoms with Gasteiger partial charge in [-0.3, -0.25) is 0 Å². The van der Waals surface area contributed by atoms with Crippen molar-refractivity contribution in [1.82, 2.24) is 5.32 Å². The Hall–Kier alpha value is -0.580. The van der Waals surface area contributed by atoms with E-state index < -0.39 is 5.60 Å². The van der Waals surface area contributed by atoms with Crippen LogP contribution in [0, 0.1) is 5.92 Å². The Balaban J connectivity index is 1.84. The van der Waals surface area contributed by atoms with Gasteiger partial charge < -0.3 is 15.5 Å². The van der Waals surface area contributed by atoms with E-state index in [1.54, 1.807) is 6.07 Å². The van der Waals surface area contributed by atoms with Crippen molar-refractivity contribution in [1.29, 1.82) is 0 Å². The Morgan fingerprint density at radius 1 is 1.37 bits per heavy atom. The molecule has 106 valence electrons. The van der Waals surface area contributed by atoms with Crippen LogP contribution in [0.5, 0.6) is 5.75 Å². The molecule has 1 saturated carbocycles. The monoisotopic (exact) mass is 327 g/mol. The highest BCUT2D eigenvalue weighted by atomic mass is 79.9. The first-order chi connectivity index (χ1) is 8.98. The lowest BCUT2D eigenvalue weighted by Crippen LogP contribution is -2.43. The van der Waals surface area contributed by atoms with Crippen molar-refractivity contribution in [3.05, 3.63) is 28.2 Å². The summed E-state index contributed by atoms with van der Waals surface area (Å²) in [5.41, 5.74) is 0.274. The molecule has 0 amide bonds. The minimum atomic E-state index is -0.575. The molecule has 0 heterocycles. The van der Waals surface area contributed by atoms with Crippen molar-refractivity contribution in [2.45, 2.75) is 44.8 Å². The van der Waals surface area contributed by atoms with E-state index in [0.29, 0.717) is 18.8 Å². The van der Waals surface area contributed by atoms with Crippen molar-refractivity contribution >= 4 is 15.9 Å². The summed E-state index contributed by atoms with van der Waals surface area (Å²) >= 11 is 3.39. The molecule has 1 aromatic carbocycles. The molecule has 4 heteroatoms. The van der Waals surface area contributed by atoms with Crippen LogP contribution in [0.15, 0.2) is 22.7 Å². The van der Waals surface area contributed by atoms with Crippen molar-refractivity contribution in [2.24, 2.45) is 5.92 Å². The number of phenolic OH excluding ortho intramolecular Hbond substituents is 1. The normalized spacial score (nSPS) is 27.4. The van der Waals surface area contributed by atoms with Gasteiger partial charge in [0.2, 0.25) is 0 Å². The number of aromatic hydroxyl groups is 1. The van der Waals surface area contributed by atoms with Gasteiger partial charge in [-0.05, 0) is 49.8 Å². The summed E-state index contributed by atoms with van der Waals surface area (Å²) in [6, 6.07) is 5.39. The van der Waals surface area contributed by atoms with Crippen molar-refractivity contribution in [3.8, 4) is 5.75 Å². The average molecular weight is 328 g/mol. The third-order valence-electron chi connectivity index (χ3n) is 4.02. The summed E-state index contributed by atoms with van der Waals surface area (Å²) in [4.78, 5) is 0. The van der Waals surface area contributed by atoms with Crippen LogP contribution < -0.4 is 5.32 Å². The van der Waals surface area contributed by atoms with E-state index in [1.165, 1.54) is 0 Å². The molecular weight excluding hydrogens is 306 g/mol. The molecule has 0 aliphatic heterocycles. The van der Waals surface area contributed by atoms with Crippen LogP contribution in [0.3, 0.4) is 0 Å². The van der Waals surface area contributed by atoms with E-state index >= 15 is 0 Å². The van der Waals surface area contributed by atoms with Gasteiger partial charge in [0.1, 0.15) is 5.75 Å². The van der Waals surface area contributed by atoms with Gasteiger partial charge in [0, 0.05) is 23.1 Å². The number of rotatable bonds is 4.